The first-order valence-corrected chi connectivity index (χ1v) is 10.3. The van der Waals surface area contributed by atoms with E-state index in [4.69, 9.17) is 4.74 Å². The van der Waals surface area contributed by atoms with Gasteiger partial charge in [-0.25, -0.2) is 4.39 Å². The van der Waals surface area contributed by atoms with Crippen molar-refractivity contribution in [1.29, 1.82) is 0 Å². The van der Waals surface area contributed by atoms with Gasteiger partial charge in [-0.15, -0.1) is 0 Å². The van der Waals surface area contributed by atoms with Crippen LogP contribution in [0.4, 0.5) is 23.2 Å². The van der Waals surface area contributed by atoms with Crippen LogP contribution in [0.2, 0.25) is 0 Å². The van der Waals surface area contributed by atoms with E-state index in [0.717, 1.165) is 22.9 Å². The van der Waals surface area contributed by atoms with Gasteiger partial charge in [-0.2, -0.15) is 23.0 Å². The van der Waals surface area contributed by atoms with E-state index in [0.29, 0.717) is 18.8 Å². The lowest BCUT2D eigenvalue weighted by Crippen LogP contribution is -2.49. The standard InChI is InChI=1S/C23H20F4N4O3/c1-34-19-14-20(32)31(17-7-5-16(24)6-8-17)28-21(19)22(33)30-11-9-29(10-12-30)18-4-2-3-15(13-18)23(25,26)27/h2-8,13-14H,9-12H2,1H3. The molecule has 1 aromatic heterocycles. The Bertz CT molecular complexity index is 1250. The Morgan fingerprint density at radius 1 is 0.971 bits per heavy atom. The highest BCUT2D eigenvalue weighted by molar-refractivity contribution is 5.95. The molecule has 0 unspecified atom stereocenters. The van der Waals surface area contributed by atoms with Gasteiger partial charge in [0, 0.05) is 31.9 Å². The molecule has 11 heteroatoms. The number of methoxy groups -OCH3 is 1. The van der Waals surface area contributed by atoms with Crippen molar-refractivity contribution in [3.8, 4) is 11.4 Å². The van der Waals surface area contributed by atoms with Crippen LogP contribution in [-0.2, 0) is 6.18 Å². The Balaban J connectivity index is 1.54. The van der Waals surface area contributed by atoms with Crippen LogP contribution in [0.3, 0.4) is 0 Å². The maximum absolute atomic E-state index is 13.3. The normalized spacial score (nSPS) is 14.3. The molecule has 0 aliphatic carbocycles. The summed E-state index contributed by atoms with van der Waals surface area (Å²) in [6.45, 7) is 1.09. The highest BCUT2D eigenvalue weighted by Gasteiger charge is 2.32. The number of halogens is 4. The third-order valence-corrected chi connectivity index (χ3v) is 5.50. The van der Waals surface area contributed by atoms with Gasteiger partial charge in [0.1, 0.15) is 5.82 Å². The van der Waals surface area contributed by atoms with Crippen molar-refractivity contribution in [3.63, 3.8) is 0 Å². The maximum atomic E-state index is 13.3. The first-order chi connectivity index (χ1) is 16.2. The lowest BCUT2D eigenvalue weighted by atomic mass is 10.1. The summed E-state index contributed by atoms with van der Waals surface area (Å²) in [5.41, 5.74) is -0.700. The number of aromatic nitrogens is 2. The number of nitrogens with zero attached hydrogens (tertiary/aromatic N) is 4. The number of hydrogen-bond donors (Lipinski definition) is 0. The Kier molecular flexibility index (Phi) is 6.27. The van der Waals surface area contributed by atoms with Crippen LogP contribution < -0.4 is 15.2 Å². The van der Waals surface area contributed by atoms with Crippen molar-refractivity contribution in [2.24, 2.45) is 0 Å². The smallest absolute Gasteiger partial charge is 0.416 e. The van der Waals surface area contributed by atoms with E-state index in [2.05, 4.69) is 5.10 Å². The van der Waals surface area contributed by atoms with E-state index in [1.807, 2.05) is 0 Å². The second-order valence-corrected chi connectivity index (χ2v) is 7.62. The van der Waals surface area contributed by atoms with Crippen LogP contribution in [0.1, 0.15) is 16.1 Å². The van der Waals surface area contributed by atoms with Crippen molar-refractivity contribution in [1.82, 2.24) is 14.7 Å². The highest BCUT2D eigenvalue weighted by atomic mass is 19.4. The summed E-state index contributed by atoms with van der Waals surface area (Å²) in [7, 11) is 1.31. The zero-order valence-electron chi connectivity index (χ0n) is 18.1. The van der Waals surface area contributed by atoms with Gasteiger partial charge in [0.25, 0.3) is 11.5 Å². The second kappa shape index (κ2) is 9.16. The molecule has 2 aromatic carbocycles. The Morgan fingerprint density at radius 3 is 2.26 bits per heavy atom. The number of ether oxygens (including phenoxy) is 1. The fourth-order valence-corrected chi connectivity index (χ4v) is 3.71. The minimum Gasteiger partial charge on any atom is -0.494 e. The van der Waals surface area contributed by atoms with Crippen molar-refractivity contribution in [3.05, 3.63) is 82.0 Å². The minimum absolute atomic E-state index is 0.00586. The third-order valence-electron chi connectivity index (χ3n) is 5.50. The Morgan fingerprint density at radius 2 is 1.65 bits per heavy atom. The van der Waals surface area contributed by atoms with Crippen LogP contribution in [0, 0.1) is 5.82 Å². The van der Waals surface area contributed by atoms with E-state index in [1.165, 1.54) is 42.3 Å². The molecule has 1 fully saturated rings. The quantitative estimate of drug-likeness (QED) is 0.541. The summed E-state index contributed by atoms with van der Waals surface area (Å²) in [5, 5.41) is 4.16. The number of amides is 1. The van der Waals surface area contributed by atoms with Crippen LogP contribution in [0.25, 0.3) is 5.69 Å². The van der Waals surface area contributed by atoms with Crippen molar-refractivity contribution in [2.75, 3.05) is 38.2 Å². The largest absolute Gasteiger partial charge is 0.494 e. The zero-order chi connectivity index (χ0) is 24.5. The molecule has 1 aliphatic heterocycles. The van der Waals surface area contributed by atoms with Crippen LogP contribution in [0.15, 0.2) is 59.4 Å². The van der Waals surface area contributed by atoms with Gasteiger partial charge in [-0.3, -0.25) is 9.59 Å². The number of carbonyl (C=O) groups is 1. The summed E-state index contributed by atoms with van der Waals surface area (Å²) >= 11 is 0. The molecule has 1 aliphatic rings. The monoisotopic (exact) mass is 476 g/mol. The summed E-state index contributed by atoms with van der Waals surface area (Å²) < 4.78 is 58.5. The average molecular weight is 476 g/mol. The molecule has 4 rings (SSSR count). The van der Waals surface area contributed by atoms with Gasteiger partial charge in [0.15, 0.2) is 11.4 Å². The molecule has 0 N–H and O–H groups in total. The third kappa shape index (κ3) is 4.73. The number of hydrogen-bond acceptors (Lipinski definition) is 5. The summed E-state index contributed by atoms with van der Waals surface area (Å²) in [6.07, 6.45) is -4.44. The van der Waals surface area contributed by atoms with Gasteiger partial charge >= 0.3 is 6.18 Å². The predicted octanol–water partition coefficient (Wildman–Crippen LogP) is 3.36. The number of alkyl halides is 3. The van der Waals surface area contributed by atoms with Crippen molar-refractivity contribution >= 4 is 11.6 Å². The van der Waals surface area contributed by atoms with E-state index in [-0.39, 0.29) is 30.2 Å². The molecule has 0 spiro atoms. The molecule has 0 radical (unpaired) electrons. The molecular formula is C23H20F4N4O3. The fraction of sp³-hybridized carbons (Fsp3) is 0.261. The van der Waals surface area contributed by atoms with Crippen LogP contribution >= 0.6 is 0 Å². The Hall–Kier alpha value is -3.89. The lowest BCUT2D eigenvalue weighted by molar-refractivity contribution is -0.137. The molecule has 34 heavy (non-hydrogen) atoms. The van der Waals surface area contributed by atoms with Gasteiger partial charge in [-0.1, -0.05) is 6.07 Å². The highest BCUT2D eigenvalue weighted by Crippen LogP contribution is 2.32. The van der Waals surface area contributed by atoms with Crippen molar-refractivity contribution in [2.45, 2.75) is 6.18 Å². The van der Waals surface area contributed by atoms with Gasteiger partial charge < -0.3 is 14.5 Å². The average Bonchev–Trinajstić information content (AvgIpc) is 2.84. The molecule has 0 bridgehead atoms. The maximum Gasteiger partial charge on any atom is 0.416 e. The van der Waals surface area contributed by atoms with E-state index >= 15 is 0 Å². The predicted molar refractivity (Wildman–Crippen MR) is 116 cm³/mol. The summed E-state index contributed by atoms with van der Waals surface area (Å²) in [6, 6.07) is 11.2. The number of rotatable bonds is 4. The fourth-order valence-electron chi connectivity index (χ4n) is 3.71. The summed E-state index contributed by atoms with van der Waals surface area (Å²) in [5.74, 6) is -0.981. The molecule has 3 aromatic rings. The molecule has 0 atom stereocenters. The van der Waals surface area contributed by atoms with Crippen molar-refractivity contribution < 1.29 is 27.1 Å². The molecule has 178 valence electrons. The number of anilines is 1. The molecule has 0 saturated carbocycles. The summed E-state index contributed by atoms with van der Waals surface area (Å²) in [4.78, 5) is 28.9. The van der Waals surface area contributed by atoms with Crippen LogP contribution in [0.5, 0.6) is 5.75 Å². The zero-order valence-corrected chi connectivity index (χ0v) is 18.1. The van der Waals surface area contributed by atoms with E-state index in [9.17, 15) is 27.2 Å². The second-order valence-electron chi connectivity index (χ2n) is 7.62. The lowest BCUT2D eigenvalue weighted by Gasteiger charge is -2.36. The number of benzene rings is 2. The van der Waals surface area contributed by atoms with Gasteiger partial charge in [0.05, 0.1) is 24.4 Å². The van der Waals surface area contributed by atoms with Gasteiger partial charge in [0.2, 0.25) is 0 Å². The molecule has 7 nitrogen and oxygen atoms in total. The van der Waals surface area contributed by atoms with E-state index in [1.54, 1.807) is 11.0 Å². The first-order valence-electron chi connectivity index (χ1n) is 10.3. The Labute approximate surface area is 191 Å². The molecule has 1 saturated heterocycles. The van der Waals surface area contributed by atoms with Crippen LogP contribution in [-0.4, -0.2) is 53.9 Å². The SMILES string of the molecule is COc1cc(=O)n(-c2ccc(F)cc2)nc1C(=O)N1CCN(c2cccc(C(F)(F)F)c2)CC1. The molecule has 2 heterocycles. The van der Waals surface area contributed by atoms with E-state index < -0.39 is 29.0 Å². The minimum atomic E-state index is -4.44. The number of piperazine rings is 1. The number of carbonyl (C=O) groups excluding carboxylic acids is 1. The molecule has 1 amide bonds. The first kappa shape index (κ1) is 23.3. The van der Waals surface area contributed by atoms with Gasteiger partial charge in [-0.05, 0) is 42.5 Å². The topological polar surface area (TPSA) is 67.7 Å². The molecular weight excluding hydrogens is 456 g/mol.